The Morgan fingerprint density at radius 1 is 1.00 bits per heavy atom. The van der Waals surface area contributed by atoms with Crippen LogP contribution in [0.15, 0.2) is 18.2 Å². The molecule has 1 fully saturated rings. The van der Waals surface area contributed by atoms with Gasteiger partial charge in [-0.25, -0.2) is 9.59 Å². The average Bonchev–Trinajstić information content (AvgIpc) is 2.61. The van der Waals surface area contributed by atoms with E-state index < -0.39 is 0 Å². The Hall–Kier alpha value is -2.24. The number of carbonyl (C=O) groups excluding carboxylic acids is 2. The van der Waals surface area contributed by atoms with E-state index in [1.54, 1.807) is 16.7 Å². The van der Waals surface area contributed by atoms with E-state index >= 15 is 0 Å². The molecule has 0 spiro atoms. The molecule has 0 bridgehead atoms. The molecule has 0 unspecified atom stereocenters. The molecular weight excluding hydrogens is 330 g/mol. The Kier molecular flexibility index (Phi) is 6.89. The molecule has 1 heterocycles. The smallest absolute Gasteiger partial charge is 0.409 e. The van der Waals surface area contributed by atoms with Crippen LogP contribution in [-0.4, -0.2) is 54.7 Å². The molecule has 6 heteroatoms. The lowest BCUT2D eigenvalue weighted by Crippen LogP contribution is -2.51. The summed E-state index contributed by atoms with van der Waals surface area (Å²) in [6.45, 7) is 12.7. The molecule has 0 atom stereocenters. The van der Waals surface area contributed by atoms with Crippen LogP contribution in [0.25, 0.3) is 0 Å². The lowest BCUT2D eigenvalue weighted by molar-refractivity contribution is 0.0868. The summed E-state index contributed by atoms with van der Waals surface area (Å²) in [4.78, 5) is 28.0. The van der Waals surface area contributed by atoms with Gasteiger partial charge in [0.1, 0.15) is 0 Å². The van der Waals surface area contributed by atoms with Gasteiger partial charge in [0, 0.05) is 31.9 Å². The van der Waals surface area contributed by atoms with Crippen molar-refractivity contribution < 1.29 is 14.3 Å². The van der Waals surface area contributed by atoms with Crippen molar-refractivity contribution in [1.82, 2.24) is 9.80 Å². The first-order chi connectivity index (χ1) is 12.3. The molecule has 0 radical (unpaired) electrons. The van der Waals surface area contributed by atoms with Crippen LogP contribution in [0.1, 0.15) is 57.6 Å². The second kappa shape index (κ2) is 8.92. The fraction of sp³-hybridized carbons (Fsp3) is 0.600. The molecule has 26 heavy (non-hydrogen) atoms. The molecule has 0 aromatic heterocycles. The SMILES string of the molecule is CCOC(=O)N1CCN(C(=O)Nc2c(C(C)C)cccc2C(C)C)CC1. The van der Waals surface area contributed by atoms with Crippen molar-refractivity contribution in [2.75, 3.05) is 38.1 Å². The summed E-state index contributed by atoms with van der Waals surface area (Å²) in [6.07, 6.45) is -0.306. The minimum atomic E-state index is -0.306. The molecule has 1 aromatic rings. The average molecular weight is 361 g/mol. The molecule has 0 saturated carbocycles. The highest BCUT2D eigenvalue weighted by Crippen LogP contribution is 2.32. The number of amides is 3. The summed E-state index contributed by atoms with van der Waals surface area (Å²) in [5.74, 6) is 0.648. The number of ether oxygens (including phenoxy) is 1. The normalized spacial score (nSPS) is 14.7. The van der Waals surface area contributed by atoms with E-state index in [9.17, 15) is 9.59 Å². The van der Waals surface area contributed by atoms with Gasteiger partial charge in [0.25, 0.3) is 0 Å². The van der Waals surface area contributed by atoms with Crippen LogP contribution in [0.4, 0.5) is 15.3 Å². The number of nitrogens with one attached hydrogen (secondary N) is 1. The summed E-state index contributed by atoms with van der Waals surface area (Å²) in [6, 6.07) is 6.09. The van der Waals surface area contributed by atoms with E-state index in [1.807, 2.05) is 0 Å². The van der Waals surface area contributed by atoms with E-state index in [2.05, 4.69) is 51.2 Å². The first-order valence-corrected chi connectivity index (χ1v) is 9.45. The van der Waals surface area contributed by atoms with Crippen LogP contribution in [0.3, 0.4) is 0 Å². The number of rotatable bonds is 4. The van der Waals surface area contributed by atoms with Gasteiger partial charge in [-0.1, -0.05) is 45.9 Å². The largest absolute Gasteiger partial charge is 0.450 e. The van der Waals surface area contributed by atoms with Gasteiger partial charge in [-0.05, 0) is 29.9 Å². The third-order valence-corrected chi connectivity index (χ3v) is 4.70. The van der Waals surface area contributed by atoms with Crippen molar-refractivity contribution in [2.24, 2.45) is 0 Å². The molecule has 144 valence electrons. The van der Waals surface area contributed by atoms with E-state index in [0.29, 0.717) is 44.6 Å². The van der Waals surface area contributed by atoms with Crippen LogP contribution < -0.4 is 5.32 Å². The number of para-hydroxylation sites is 1. The summed E-state index contributed by atoms with van der Waals surface area (Å²) in [5, 5.41) is 3.13. The van der Waals surface area contributed by atoms with Gasteiger partial charge in [0.2, 0.25) is 0 Å². The summed E-state index contributed by atoms with van der Waals surface area (Å²) in [7, 11) is 0. The van der Waals surface area contributed by atoms with Gasteiger partial charge >= 0.3 is 12.1 Å². The van der Waals surface area contributed by atoms with E-state index in [-0.39, 0.29) is 12.1 Å². The lowest BCUT2D eigenvalue weighted by atomic mass is 9.93. The number of hydrogen-bond donors (Lipinski definition) is 1. The van der Waals surface area contributed by atoms with Gasteiger partial charge < -0.3 is 19.9 Å². The number of benzene rings is 1. The third kappa shape index (κ3) is 4.68. The summed E-state index contributed by atoms with van der Waals surface area (Å²) in [5.41, 5.74) is 3.22. The minimum Gasteiger partial charge on any atom is -0.450 e. The standard InChI is InChI=1S/C20H31N3O3/c1-6-26-20(25)23-12-10-22(11-13-23)19(24)21-18-16(14(2)3)8-7-9-17(18)15(4)5/h7-9,14-15H,6,10-13H2,1-5H3,(H,21,24). The highest BCUT2D eigenvalue weighted by molar-refractivity contribution is 5.91. The molecular formula is C20H31N3O3. The third-order valence-electron chi connectivity index (χ3n) is 4.70. The van der Waals surface area contributed by atoms with Crippen LogP contribution in [0, 0.1) is 0 Å². The van der Waals surface area contributed by atoms with Crippen LogP contribution in [0.5, 0.6) is 0 Å². The zero-order valence-electron chi connectivity index (χ0n) is 16.5. The van der Waals surface area contributed by atoms with Gasteiger partial charge in [-0.2, -0.15) is 0 Å². The van der Waals surface area contributed by atoms with Crippen LogP contribution in [-0.2, 0) is 4.74 Å². The van der Waals surface area contributed by atoms with Gasteiger partial charge in [-0.3, -0.25) is 0 Å². The zero-order chi connectivity index (χ0) is 19.3. The molecule has 6 nitrogen and oxygen atoms in total. The lowest BCUT2D eigenvalue weighted by Gasteiger charge is -2.34. The van der Waals surface area contributed by atoms with Gasteiger partial charge in [0.15, 0.2) is 0 Å². The Morgan fingerprint density at radius 3 is 1.96 bits per heavy atom. The number of anilines is 1. The molecule has 1 N–H and O–H groups in total. The number of nitrogens with zero attached hydrogens (tertiary/aromatic N) is 2. The van der Waals surface area contributed by atoms with Crippen LogP contribution >= 0.6 is 0 Å². The second-order valence-electron chi connectivity index (χ2n) is 7.22. The van der Waals surface area contributed by atoms with Crippen LogP contribution in [0.2, 0.25) is 0 Å². The molecule has 0 aliphatic carbocycles. The van der Waals surface area contributed by atoms with Gasteiger partial charge in [0.05, 0.1) is 6.61 Å². The summed E-state index contributed by atoms with van der Waals surface area (Å²) >= 11 is 0. The molecule has 1 aliphatic rings. The molecule has 1 saturated heterocycles. The van der Waals surface area contributed by atoms with Crippen molar-refractivity contribution in [3.05, 3.63) is 29.3 Å². The number of carbonyl (C=O) groups is 2. The second-order valence-corrected chi connectivity index (χ2v) is 7.22. The van der Waals surface area contributed by atoms with E-state index in [4.69, 9.17) is 4.74 Å². The van der Waals surface area contributed by atoms with Crippen molar-refractivity contribution in [3.63, 3.8) is 0 Å². The Labute approximate surface area is 156 Å². The zero-order valence-corrected chi connectivity index (χ0v) is 16.5. The minimum absolute atomic E-state index is 0.108. The monoisotopic (exact) mass is 361 g/mol. The highest BCUT2D eigenvalue weighted by Gasteiger charge is 2.26. The highest BCUT2D eigenvalue weighted by atomic mass is 16.6. The van der Waals surface area contributed by atoms with Gasteiger partial charge in [-0.15, -0.1) is 0 Å². The number of hydrogen-bond acceptors (Lipinski definition) is 3. The maximum absolute atomic E-state index is 12.8. The van der Waals surface area contributed by atoms with Crippen molar-refractivity contribution in [1.29, 1.82) is 0 Å². The Balaban J connectivity index is 2.08. The number of urea groups is 1. The maximum Gasteiger partial charge on any atom is 0.409 e. The van der Waals surface area contributed by atoms with Crippen molar-refractivity contribution >= 4 is 17.8 Å². The maximum atomic E-state index is 12.8. The molecule has 1 aromatic carbocycles. The predicted octanol–water partition coefficient (Wildman–Crippen LogP) is 4.24. The fourth-order valence-electron chi connectivity index (χ4n) is 3.19. The molecule has 2 rings (SSSR count). The Morgan fingerprint density at radius 2 is 1.50 bits per heavy atom. The van der Waals surface area contributed by atoms with E-state index in [1.165, 1.54) is 0 Å². The predicted molar refractivity (Wildman–Crippen MR) is 104 cm³/mol. The van der Waals surface area contributed by atoms with Crippen molar-refractivity contribution in [2.45, 2.75) is 46.5 Å². The molecule has 3 amide bonds. The topological polar surface area (TPSA) is 61.9 Å². The Bertz CT molecular complexity index is 609. The van der Waals surface area contributed by atoms with E-state index in [0.717, 1.165) is 16.8 Å². The first-order valence-electron chi connectivity index (χ1n) is 9.45. The fourth-order valence-corrected chi connectivity index (χ4v) is 3.19. The summed E-state index contributed by atoms with van der Waals surface area (Å²) < 4.78 is 5.02. The quantitative estimate of drug-likeness (QED) is 0.872. The first kappa shape index (κ1) is 20.1. The number of piperazine rings is 1. The van der Waals surface area contributed by atoms with Crippen molar-refractivity contribution in [3.8, 4) is 0 Å². The molecule has 1 aliphatic heterocycles.